The third kappa shape index (κ3) is 3.28. The highest BCUT2D eigenvalue weighted by Gasteiger charge is 2.34. The highest BCUT2D eigenvalue weighted by atomic mass is 19.1. The lowest BCUT2D eigenvalue weighted by Crippen LogP contribution is -2.33. The summed E-state index contributed by atoms with van der Waals surface area (Å²) in [6.45, 7) is 12.7. The van der Waals surface area contributed by atoms with E-state index in [4.69, 9.17) is 0 Å². The van der Waals surface area contributed by atoms with E-state index in [1.807, 2.05) is 0 Å². The van der Waals surface area contributed by atoms with E-state index in [9.17, 15) is 4.39 Å². The number of hydrogen-bond donors (Lipinski definition) is 0. The Balaban J connectivity index is 4.52. The van der Waals surface area contributed by atoms with Crippen LogP contribution in [0.25, 0.3) is 0 Å². The lowest BCUT2D eigenvalue weighted by molar-refractivity contribution is 0.0754. The summed E-state index contributed by atoms with van der Waals surface area (Å²) in [4.78, 5) is 0. The van der Waals surface area contributed by atoms with Crippen molar-refractivity contribution >= 4 is 0 Å². The zero-order chi connectivity index (χ0) is 10.6. The van der Waals surface area contributed by atoms with E-state index < -0.39 is 6.17 Å². The third-order valence-corrected chi connectivity index (χ3v) is 3.78. The van der Waals surface area contributed by atoms with Gasteiger partial charge in [-0.2, -0.15) is 0 Å². The SMILES string of the molecule is CCC(C)C(C)(CC(C)F)C(C)C. The van der Waals surface area contributed by atoms with Crippen LogP contribution in [0.15, 0.2) is 0 Å². The first-order valence-corrected chi connectivity index (χ1v) is 5.48. The molecule has 0 aromatic heterocycles. The van der Waals surface area contributed by atoms with E-state index >= 15 is 0 Å². The molecule has 0 nitrogen and oxygen atoms in total. The fraction of sp³-hybridized carbons (Fsp3) is 1.00. The van der Waals surface area contributed by atoms with Gasteiger partial charge in [-0.25, -0.2) is 4.39 Å². The van der Waals surface area contributed by atoms with Gasteiger partial charge in [-0.1, -0.05) is 41.0 Å². The van der Waals surface area contributed by atoms with Crippen LogP contribution in [0.2, 0.25) is 0 Å². The van der Waals surface area contributed by atoms with Crippen molar-refractivity contribution in [1.82, 2.24) is 0 Å². The van der Waals surface area contributed by atoms with Crippen molar-refractivity contribution in [1.29, 1.82) is 0 Å². The number of hydrogen-bond acceptors (Lipinski definition) is 0. The Kier molecular flexibility index (Phi) is 4.95. The highest BCUT2D eigenvalue weighted by Crippen LogP contribution is 2.41. The van der Waals surface area contributed by atoms with Gasteiger partial charge < -0.3 is 0 Å². The molecule has 0 heterocycles. The standard InChI is InChI=1S/C12H25F/c1-7-10(4)12(6,9(2)3)8-11(5)13/h9-11H,7-8H2,1-6H3. The van der Waals surface area contributed by atoms with E-state index in [1.165, 1.54) is 0 Å². The van der Waals surface area contributed by atoms with Crippen molar-refractivity contribution in [2.24, 2.45) is 17.3 Å². The summed E-state index contributed by atoms with van der Waals surface area (Å²) in [6.07, 6.45) is 1.16. The van der Waals surface area contributed by atoms with Gasteiger partial charge in [0.2, 0.25) is 0 Å². The highest BCUT2D eigenvalue weighted by molar-refractivity contribution is 4.84. The molecule has 3 unspecified atom stereocenters. The summed E-state index contributed by atoms with van der Waals surface area (Å²) in [7, 11) is 0. The molecule has 3 atom stereocenters. The summed E-state index contributed by atoms with van der Waals surface area (Å²) in [5, 5.41) is 0. The summed E-state index contributed by atoms with van der Waals surface area (Å²) < 4.78 is 13.1. The Morgan fingerprint density at radius 2 is 1.62 bits per heavy atom. The van der Waals surface area contributed by atoms with Crippen LogP contribution in [-0.4, -0.2) is 6.17 Å². The van der Waals surface area contributed by atoms with Crippen molar-refractivity contribution in [3.8, 4) is 0 Å². The smallest absolute Gasteiger partial charge is 0.0979 e. The van der Waals surface area contributed by atoms with E-state index in [0.717, 1.165) is 6.42 Å². The van der Waals surface area contributed by atoms with Gasteiger partial charge >= 0.3 is 0 Å². The zero-order valence-electron chi connectivity index (χ0n) is 10.0. The molecule has 0 saturated heterocycles. The Hall–Kier alpha value is -0.0700. The topological polar surface area (TPSA) is 0 Å². The van der Waals surface area contributed by atoms with Crippen LogP contribution in [0.3, 0.4) is 0 Å². The summed E-state index contributed by atoms with van der Waals surface area (Å²) in [5.41, 5.74) is 0.156. The molecule has 1 heteroatoms. The summed E-state index contributed by atoms with van der Waals surface area (Å²) >= 11 is 0. The molecular weight excluding hydrogens is 163 g/mol. The predicted molar refractivity (Wildman–Crippen MR) is 57.6 cm³/mol. The fourth-order valence-corrected chi connectivity index (χ4v) is 2.08. The molecule has 0 aromatic rings. The first-order valence-electron chi connectivity index (χ1n) is 5.48. The van der Waals surface area contributed by atoms with Crippen LogP contribution in [0.1, 0.15) is 54.4 Å². The first kappa shape index (κ1) is 12.9. The average molecular weight is 188 g/mol. The summed E-state index contributed by atoms with van der Waals surface area (Å²) in [6, 6.07) is 0. The van der Waals surface area contributed by atoms with Gasteiger partial charge in [0.15, 0.2) is 0 Å². The maximum absolute atomic E-state index is 13.1. The van der Waals surface area contributed by atoms with Crippen LogP contribution in [-0.2, 0) is 0 Å². The molecule has 0 N–H and O–H groups in total. The fourth-order valence-electron chi connectivity index (χ4n) is 2.08. The van der Waals surface area contributed by atoms with Gasteiger partial charge in [0, 0.05) is 0 Å². The maximum atomic E-state index is 13.1. The van der Waals surface area contributed by atoms with Gasteiger partial charge in [-0.15, -0.1) is 0 Å². The Morgan fingerprint density at radius 1 is 1.15 bits per heavy atom. The molecule has 0 spiro atoms. The zero-order valence-corrected chi connectivity index (χ0v) is 10.0. The Morgan fingerprint density at radius 3 is 1.85 bits per heavy atom. The van der Waals surface area contributed by atoms with Crippen molar-refractivity contribution in [3.63, 3.8) is 0 Å². The van der Waals surface area contributed by atoms with Crippen molar-refractivity contribution in [2.75, 3.05) is 0 Å². The van der Waals surface area contributed by atoms with Crippen LogP contribution in [0.4, 0.5) is 4.39 Å². The number of halogens is 1. The van der Waals surface area contributed by atoms with Gasteiger partial charge in [0.25, 0.3) is 0 Å². The Bertz CT molecular complexity index is 140. The molecule has 0 rings (SSSR count). The molecule has 0 amide bonds. The molecule has 0 radical (unpaired) electrons. The Labute approximate surface area is 82.9 Å². The van der Waals surface area contributed by atoms with E-state index in [2.05, 4.69) is 34.6 Å². The minimum Gasteiger partial charge on any atom is -0.248 e. The molecule has 80 valence electrons. The second-order valence-electron chi connectivity index (χ2n) is 4.95. The van der Waals surface area contributed by atoms with Crippen molar-refractivity contribution in [3.05, 3.63) is 0 Å². The minimum absolute atomic E-state index is 0.156. The molecule has 0 aliphatic rings. The number of rotatable bonds is 5. The molecule has 0 bridgehead atoms. The monoisotopic (exact) mass is 188 g/mol. The quantitative estimate of drug-likeness (QED) is 0.598. The molecule has 0 aliphatic heterocycles. The summed E-state index contributed by atoms with van der Waals surface area (Å²) in [5.74, 6) is 1.16. The number of alkyl halides is 1. The molecular formula is C12H25F. The van der Waals surface area contributed by atoms with Gasteiger partial charge in [0.1, 0.15) is 0 Å². The molecule has 13 heavy (non-hydrogen) atoms. The van der Waals surface area contributed by atoms with Crippen LogP contribution >= 0.6 is 0 Å². The van der Waals surface area contributed by atoms with Gasteiger partial charge in [-0.05, 0) is 30.6 Å². The predicted octanol–water partition coefficient (Wildman–Crippen LogP) is 4.44. The van der Waals surface area contributed by atoms with Crippen LogP contribution in [0.5, 0.6) is 0 Å². The molecule has 0 saturated carbocycles. The van der Waals surface area contributed by atoms with E-state index in [1.54, 1.807) is 6.92 Å². The van der Waals surface area contributed by atoms with Crippen LogP contribution in [0, 0.1) is 17.3 Å². The van der Waals surface area contributed by atoms with Gasteiger partial charge in [-0.3, -0.25) is 0 Å². The van der Waals surface area contributed by atoms with Gasteiger partial charge in [0.05, 0.1) is 6.17 Å². The largest absolute Gasteiger partial charge is 0.248 e. The second kappa shape index (κ2) is 4.97. The third-order valence-electron chi connectivity index (χ3n) is 3.78. The second-order valence-corrected chi connectivity index (χ2v) is 4.95. The van der Waals surface area contributed by atoms with E-state index in [-0.39, 0.29) is 5.41 Å². The van der Waals surface area contributed by atoms with Crippen molar-refractivity contribution < 1.29 is 4.39 Å². The lowest BCUT2D eigenvalue weighted by Gasteiger charge is -2.40. The van der Waals surface area contributed by atoms with Crippen molar-refractivity contribution in [2.45, 2.75) is 60.6 Å². The maximum Gasteiger partial charge on any atom is 0.0979 e. The molecule has 0 aliphatic carbocycles. The molecule has 0 aromatic carbocycles. The molecule has 0 fully saturated rings. The van der Waals surface area contributed by atoms with Crippen LogP contribution < -0.4 is 0 Å². The minimum atomic E-state index is -0.679. The first-order chi connectivity index (χ1) is 5.84. The average Bonchev–Trinajstić information content (AvgIpc) is 2.01. The lowest BCUT2D eigenvalue weighted by atomic mass is 9.66. The van der Waals surface area contributed by atoms with E-state index in [0.29, 0.717) is 18.3 Å². The normalized spacial score (nSPS) is 21.2.